The summed E-state index contributed by atoms with van der Waals surface area (Å²) in [4.78, 5) is 31.6. The number of aromatic nitrogens is 4. The molecule has 0 saturated carbocycles. The first-order chi connectivity index (χ1) is 13.5. The van der Waals surface area contributed by atoms with E-state index in [-0.39, 0.29) is 11.5 Å². The topological polar surface area (TPSA) is 74.8 Å². The van der Waals surface area contributed by atoms with E-state index in [2.05, 4.69) is 24.8 Å². The van der Waals surface area contributed by atoms with Crippen molar-refractivity contribution in [1.82, 2.24) is 24.8 Å². The number of aromatic amines is 1. The summed E-state index contributed by atoms with van der Waals surface area (Å²) in [6, 6.07) is 9.99. The van der Waals surface area contributed by atoms with Crippen LogP contribution in [0.15, 0.2) is 41.3 Å². The lowest BCUT2D eigenvalue weighted by atomic mass is 10.0. The second kappa shape index (κ2) is 7.64. The van der Waals surface area contributed by atoms with Gasteiger partial charge in [0.1, 0.15) is 5.82 Å². The van der Waals surface area contributed by atoms with E-state index in [0.29, 0.717) is 6.54 Å². The molecule has 0 bridgehead atoms. The minimum Gasteiger partial charge on any atom is -0.310 e. The summed E-state index contributed by atoms with van der Waals surface area (Å²) in [5.74, 6) is 1.74. The molecule has 0 aliphatic carbocycles. The summed E-state index contributed by atoms with van der Waals surface area (Å²) in [7, 11) is 0. The van der Waals surface area contributed by atoms with Crippen molar-refractivity contribution in [2.75, 3.05) is 6.54 Å². The highest BCUT2D eigenvalue weighted by Gasteiger charge is 2.22. The normalized spacial score (nSPS) is 14.3. The van der Waals surface area contributed by atoms with Gasteiger partial charge in [-0.15, -0.1) is 0 Å². The molecule has 1 N–H and O–H groups in total. The third-order valence-corrected chi connectivity index (χ3v) is 5.22. The van der Waals surface area contributed by atoms with Gasteiger partial charge in [0.15, 0.2) is 5.82 Å². The molecule has 0 fully saturated rings. The molecule has 6 nitrogen and oxygen atoms in total. The lowest BCUT2D eigenvalue weighted by Crippen LogP contribution is -2.36. The molecule has 6 heteroatoms. The fourth-order valence-corrected chi connectivity index (χ4v) is 3.52. The van der Waals surface area contributed by atoms with Gasteiger partial charge in [-0.25, -0.2) is 15.0 Å². The Morgan fingerprint density at radius 2 is 1.96 bits per heavy atom. The number of H-pyrrole nitrogens is 1. The van der Waals surface area contributed by atoms with Gasteiger partial charge in [0.05, 0.1) is 11.3 Å². The Hall–Kier alpha value is -2.86. The Labute approximate surface area is 164 Å². The zero-order chi connectivity index (χ0) is 19.7. The Balaban J connectivity index is 1.53. The number of benzene rings is 1. The van der Waals surface area contributed by atoms with Crippen molar-refractivity contribution in [2.24, 2.45) is 0 Å². The van der Waals surface area contributed by atoms with Gasteiger partial charge < -0.3 is 4.98 Å². The molecule has 4 rings (SSSR count). The predicted molar refractivity (Wildman–Crippen MR) is 109 cm³/mol. The lowest BCUT2D eigenvalue weighted by molar-refractivity contribution is 0.240. The van der Waals surface area contributed by atoms with E-state index in [1.165, 1.54) is 0 Å². The summed E-state index contributed by atoms with van der Waals surface area (Å²) >= 11 is 0. The number of hydrogen-bond acceptors (Lipinski definition) is 5. The van der Waals surface area contributed by atoms with Gasteiger partial charge in [-0.3, -0.25) is 9.69 Å². The molecule has 3 heterocycles. The number of hydrogen-bond donors (Lipinski definition) is 1. The molecule has 0 spiro atoms. The summed E-state index contributed by atoms with van der Waals surface area (Å²) in [6.45, 7) is 8.32. The first-order valence-corrected chi connectivity index (χ1v) is 9.73. The van der Waals surface area contributed by atoms with Crippen molar-refractivity contribution in [2.45, 2.75) is 46.2 Å². The van der Waals surface area contributed by atoms with Gasteiger partial charge in [0.2, 0.25) is 0 Å². The minimum absolute atomic E-state index is 0.00852. The molecule has 0 unspecified atom stereocenters. The van der Waals surface area contributed by atoms with Crippen LogP contribution in [0.4, 0.5) is 0 Å². The molecule has 0 radical (unpaired) electrons. The summed E-state index contributed by atoms with van der Waals surface area (Å²) in [5, 5.41) is 0. The Morgan fingerprint density at radius 3 is 2.68 bits per heavy atom. The minimum atomic E-state index is -0.00852. The van der Waals surface area contributed by atoms with E-state index in [1.807, 2.05) is 57.3 Å². The first kappa shape index (κ1) is 18.5. The summed E-state index contributed by atoms with van der Waals surface area (Å²) < 4.78 is 0. The van der Waals surface area contributed by atoms with Crippen LogP contribution in [0.3, 0.4) is 0 Å². The van der Waals surface area contributed by atoms with E-state index in [0.717, 1.165) is 59.2 Å². The monoisotopic (exact) mass is 375 g/mol. The molecular weight excluding hydrogens is 350 g/mol. The van der Waals surface area contributed by atoms with Crippen molar-refractivity contribution in [3.05, 3.63) is 75.2 Å². The number of fused-ring (bicyclic) bond motifs is 1. The molecule has 2 aromatic heterocycles. The highest BCUT2D eigenvalue weighted by molar-refractivity contribution is 5.54. The zero-order valence-corrected chi connectivity index (χ0v) is 16.6. The molecule has 0 saturated heterocycles. The number of nitrogens with zero attached hydrogens (tertiary/aromatic N) is 4. The van der Waals surface area contributed by atoms with Gasteiger partial charge in [-0.2, -0.15) is 0 Å². The number of rotatable bonds is 4. The number of nitrogens with one attached hydrogen (secondary N) is 1. The van der Waals surface area contributed by atoms with Crippen LogP contribution < -0.4 is 5.56 Å². The van der Waals surface area contributed by atoms with Crippen LogP contribution in [0, 0.1) is 6.92 Å². The van der Waals surface area contributed by atoms with E-state index in [4.69, 9.17) is 0 Å². The van der Waals surface area contributed by atoms with Gasteiger partial charge in [0.25, 0.3) is 5.56 Å². The molecule has 1 aliphatic heterocycles. The SMILES string of the molecule is Cc1nc(-c2ccccc2)ncc1CN1CCc2nc(C(C)C)[nH]c(=O)c2C1. The third kappa shape index (κ3) is 3.73. The largest absolute Gasteiger partial charge is 0.310 e. The molecule has 1 aliphatic rings. The maximum atomic E-state index is 12.5. The van der Waals surface area contributed by atoms with Crippen LogP contribution in [0.5, 0.6) is 0 Å². The summed E-state index contributed by atoms with van der Waals surface area (Å²) in [5.41, 5.74) is 4.80. The molecular formula is C22H25N5O. The van der Waals surface area contributed by atoms with E-state index < -0.39 is 0 Å². The molecule has 0 atom stereocenters. The van der Waals surface area contributed by atoms with Crippen LogP contribution in [0.1, 0.15) is 48.1 Å². The second-order valence-electron chi connectivity index (χ2n) is 7.66. The maximum Gasteiger partial charge on any atom is 0.255 e. The quantitative estimate of drug-likeness (QED) is 0.758. The Kier molecular flexibility index (Phi) is 5.05. The van der Waals surface area contributed by atoms with Crippen LogP contribution in [0.25, 0.3) is 11.4 Å². The van der Waals surface area contributed by atoms with Gasteiger partial charge >= 0.3 is 0 Å². The van der Waals surface area contributed by atoms with Gasteiger partial charge in [-0.1, -0.05) is 44.2 Å². The van der Waals surface area contributed by atoms with Crippen molar-refractivity contribution >= 4 is 0 Å². The Morgan fingerprint density at radius 1 is 1.18 bits per heavy atom. The van der Waals surface area contributed by atoms with Crippen molar-refractivity contribution in [1.29, 1.82) is 0 Å². The van der Waals surface area contributed by atoms with Crippen LogP contribution in [0.2, 0.25) is 0 Å². The van der Waals surface area contributed by atoms with Crippen molar-refractivity contribution in [3.8, 4) is 11.4 Å². The molecule has 28 heavy (non-hydrogen) atoms. The highest BCUT2D eigenvalue weighted by atomic mass is 16.1. The fourth-order valence-electron chi connectivity index (χ4n) is 3.52. The Bertz CT molecular complexity index is 1040. The lowest BCUT2D eigenvalue weighted by Gasteiger charge is -2.28. The fraction of sp³-hybridized carbons (Fsp3) is 0.364. The smallest absolute Gasteiger partial charge is 0.255 e. The highest BCUT2D eigenvalue weighted by Crippen LogP contribution is 2.20. The average molecular weight is 375 g/mol. The van der Waals surface area contributed by atoms with E-state index in [9.17, 15) is 4.79 Å². The van der Waals surface area contributed by atoms with E-state index >= 15 is 0 Å². The van der Waals surface area contributed by atoms with Crippen LogP contribution in [-0.2, 0) is 19.5 Å². The maximum absolute atomic E-state index is 12.5. The van der Waals surface area contributed by atoms with Crippen molar-refractivity contribution in [3.63, 3.8) is 0 Å². The summed E-state index contributed by atoms with van der Waals surface area (Å²) in [6.07, 6.45) is 2.70. The van der Waals surface area contributed by atoms with Crippen molar-refractivity contribution < 1.29 is 0 Å². The average Bonchev–Trinajstić information content (AvgIpc) is 2.70. The molecule has 144 valence electrons. The predicted octanol–water partition coefficient (Wildman–Crippen LogP) is 3.22. The first-order valence-electron chi connectivity index (χ1n) is 9.73. The molecule has 0 amide bonds. The second-order valence-corrected chi connectivity index (χ2v) is 7.66. The van der Waals surface area contributed by atoms with Gasteiger partial charge in [0, 0.05) is 55.0 Å². The zero-order valence-electron chi connectivity index (χ0n) is 16.6. The third-order valence-electron chi connectivity index (χ3n) is 5.22. The molecule has 3 aromatic rings. The number of aryl methyl sites for hydroxylation is 1. The standard InChI is InChI=1S/C22H25N5O/c1-14(2)20-25-19-9-10-27(13-18(19)22(28)26-20)12-17-11-23-21(24-15(17)3)16-7-5-4-6-8-16/h4-8,11,14H,9-10,12-13H2,1-3H3,(H,25,26,28). The van der Waals surface area contributed by atoms with Crippen LogP contribution >= 0.6 is 0 Å². The van der Waals surface area contributed by atoms with E-state index in [1.54, 1.807) is 0 Å². The molecule has 1 aromatic carbocycles. The van der Waals surface area contributed by atoms with Gasteiger partial charge in [-0.05, 0) is 6.92 Å². The van der Waals surface area contributed by atoms with Crippen LogP contribution in [-0.4, -0.2) is 31.4 Å².